The van der Waals surface area contributed by atoms with Gasteiger partial charge in [-0.05, 0) is 0 Å². The molecule has 0 radical (unpaired) electrons. The molecule has 0 atom stereocenters. The molecular formula is C12H9ClN6S. The molecule has 0 N–H and O–H groups in total. The average molecular weight is 305 g/mol. The number of aromatic nitrogens is 4. The van der Waals surface area contributed by atoms with Crippen LogP contribution in [0.3, 0.4) is 0 Å². The van der Waals surface area contributed by atoms with Crippen molar-refractivity contribution in [2.45, 2.75) is 6.54 Å². The molecule has 8 heteroatoms. The van der Waals surface area contributed by atoms with Crippen molar-refractivity contribution in [1.29, 1.82) is 5.26 Å². The van der Waals surface area contributed by atoms with Crippen LogP contribution in [0.2, 0.25) is 5.15 Å². The monoisotopic (exact) mass is 304 g/mol. The standard InChI is InChI=1S/C12H9ClN6S/c1-18(11-8(6-14)15-2-3-16-11)7-9-10(13)17-12-19(9)4-5-20-12/h2-5H,7H2,1H3. The third kappa shape index (κ3) is 2.09. The summed E-state index contributed by atoms with van der Waals surface area (Å²) in [4.78, 5) is 15.2. The van der Waals surface area contributed by atoms with Gasteiger partial charge in [0.05, 0.1) is 12.2 Å². The lowest BCUT2D eigenvalue weighted by Gasteiger charge is -2.18. The van der Waals surface area contributed by atoms with E-state index in [1.165, 1.54) is 17.5 Å². The minimum absolute atomic E-state index is 0.289. The fourth-order valence-corrected chi connectivity index (χ4v) is 2.95. The highest BCUT2D eigenvalue weighted by atomic mass is 35.5. The van der Waals surface area contributed by atoms with Crippen LogP contribution in [0.1, 0.15) is 11.4 Å². The van der Waals surface area contributed by atoms with Gasteiger partial charge in [-0.1, -0.05) is 11.6 Å². The van der Waals surface area contributed by atoms with E-state index in [-0.39, 0.29) is 5.69 Å². The van der Waals surface area contributed by atoms with E-state index in [1.807, 2.05) is 34.0 Å². The minimum Gasteiger partial charge on any atom is -0.351 e. The molecule has 0 bridgehead atoms. The zero-order chi connectivity index (χ0) is 14.1. The van der Waals surface area contributed by atoms with E-state index in [4.69, 9.17) is 16.9 Å². The first-order valence-corrected chi connectivity index (χ1v) is 6.98. The van der Waals surface area contributed by atoms with Gasteiger partial charge in [-0.15, -0.1) is 11.3 Å². The van der Waals surface area contributed by atoms with Crippen molar-refractivity contribution >= 4 is 33.7 Å². The first-order chi connectivity index (χ1) is 9.70. The quantitative estimate of drug-likeness (QED) is 0.743. The topological polar surface area (TPSA) is 70.1 Å². The molecule has 0 aliphatic carbocycles. The molecule has 3 heterocycles. The number of nitrogens with zero attached hydrogens (tertiary/aromatic N) is 6. The summed E-state index contributed by atoms with van der Waals surface area (Å²) in [5, 5.41) is 11.5. The maximum atomic E-state index is 9.07. The van der Waals surface area contributed by atoms with E-state index in [0.717, 1.165) is 10.7 Å². The van der Waals surface area contributed by atoms with Crippen LogP contribution in [0, 0.1) is 11.3 Å². The van der Waals surface area contributed by atoms with Crippen LogP contribution in [-0.4, -0.2) is 26.4 Å². The van der Waals surface area contributed by atoms with E-state index in [9.17, 15) is 0 Å². The molecule has 0 aliphatic heterocycles. The van der Waals surface area contributed by atoms with Crippen molar-refractivity contribution in [2.24, 2.45) is 0 Å². The number of anilines is 1. The zero-order valence-electron chi connectivity index (χ0n) is 10.5. The summed E-state index contributed by atoms with van der Waals surface area (Å²) in [6.07, 6.45) is 4.98. The molecule has 6 nitrogen and oxygen atoms in total. The Morgan fingerprint density at radius 3 is 3.05 bits per heavy atom. The van der Waals surface area contributed by atoms with Gasteiger partial charge in [0.2, 0.25) is 0 Å². The van der Waals surface area contributed by atoms with E-state index in [2.05, 4.69) is 15.0 Å². The Hall–Kier alpha value is -2.17. The lowest BCUT2D eigenvalue weighted by atomic mass is 10.3. The fraction of sp³-hybridized carbons (Fsp3) is 0.167. The van der Waals surface area contributed by atoms with Crippen molar-refractivity contribution in [3.63, 3.8) is 0 Å². The molecule has 20 heavy (non-hydrogen) atoms. The van der Waals surface area contributed by atoms with Gasteiger partial charge >= 0.3 is 0 Å². The molecule has 3 aromatic heterocycles. The molecule has 0 unspecified atom stereocenters. The van der Waals surface area contributed by atoms with Crippen molar-refractivity contribution in [3.8, 4) is 6.07 Å². The zero-order valence-corrected chi connectivity index (χ0v) is 12.1. The molecule has 0 aromatic carbocycles. The van der Waals surface area contributed by atoms with Gasteiger partial charge in [0.25, 0.3) is 0 Å². The van der Waals surface area contributed by atoms with Gasteiger partial charge in [0, 0.05) is 31.0 Å². The highest BCUT2D eigenvalue weighted by Crippen LogP contribution is 2.24. The van der Waals surface area contributed by atoms with Gasteiger partial charge < -0.3 is 4.90 Å². The third-order valence-electron chi connectivity index (χ3n) is 2.85. The lowest BCUT2D eigenvalue weighted by molar-refractivity contribution is 0.848. The molecule has 100 valence electrons. The second-order valence-electron chi connectivity index (χ2n) is 4.10. The molecular weight excluding hydrogens is 296 g/mol. The summed E-state index contributed by atoms with van der Waals surface area (Å²) in [5.74, 6) is 0.524. The number of thiazole rings is 1. The van der Waals surface area contributed by atoms with Gasteiger partial charge in [-0.25, -0.2) is 15.0 Å². The summed E-state index contributed by atoms with van der Waals surface area (Å²) in [7, 11) is 1.84. The molecule has 0 aliphatic rings. The van der Waals surface area contributed by atoms with Crippen molar-refractivity contribution in [2.75, 3.05) is 11.9 Å². The summed E-state index contributed by atoms with van der Waals surface area (Å²) >= 11 is 7.68. The fourth-order valence-electron chi connectivity index (χ4n) is 1.94. The van der Waals surface area contributed by atoms with Gasteiger partial charge in [-0.3, -0.25) is 4.40 Å². The van der Waals surface area contributed by atoms with Crippen LogP contribution < -0.4 is 4.90 Å². The molecule has 3 rings (SSSR count). The van der Waals surface area contributed by atoms with Crippen LogP contribution in [0.5, 0.6) is 0 Å². The Morgan fingerprint density at radius 2 is 2.25 bits per heavy atom. The second-order valence-corrected chi connectivity index (χ2v) is 5.33. The predicted molar refractivity (Wildman–Crippen MR) is 76.9 cm³/mol. The van der Waals surface area contributed by atoms with Crippen molar-refractivity contribution in [1.82, 2.24) is 19.4 Å². The third-order valence-corrected chi connectivity index (χ3v) is 3.90. The molecule has 0 amide bonds. The van der Waals surface area contributed by atoms with Crippen LogP contribution in [0.4, 0.5) is 5.82 Å². The summed E-state index contributed by atoms with van der Waals surface area (Å²) in [6, 6.07) is 2.03. The van der Waals surface area contributed by atoms with E-state index < -0.39 is 0 Å². The van der Waals surface area contributed by atoms with E-state index in [0.29, 0.717) is 17.5 Å². The number of rotatable bonds is 3. The van der Waals surface area contributed by atoms with Gasteiger partial charge in [0.1, 0.15) is 6.07 Å². The van der Waals surface area contributed by atoms with Crippen LogP contribution >= 0.6 is 22.9 Å². The normalized spacial score (nSPS) is 10.7. The van der Waals surface area contributed by atoms with Crippen molar-refractivity contribution < 1.29 is 0 Å². The number of fused-ring (bicyclic) bond motifs is 1. The molecule has 0 fully saturated rings. The van der Waals surface area contributed by atoms with Crippen LogP contribution in [-0.2, 0) is 6.54 Å². The highest BCUT2D eigenvalue weighted by molar-refractivity contribution is 7.15. The number of nitriles is 1. The Morgan fingerprint density at radius 1 is 1.45 bits per heavy atom. The van der Waals surface area contributed by atoms with Gasteiger partial charge in [0.15, 0.2) is 21.6 Å². The Labute approximate surface area is 123 Å². The van der Waals surface area contributed by atoms with E-state index in [1.54, 1.807) is 6.20 Å². The van der Waals surface area contributed by atoms with Crippen LogP contribution in [0.15, 0.2) is 24.0 Å². The molecule has 0 saturated heterocycles. The number of hydrogen-bond acceptors (Lipinski definition) is 6. The van der Waals surface area contributed by atoms with E-state index >= 15 is 0 Å². The number of hydrogen-bond donors (Lipinski definition) is 0. The first-order valence-electron chi connectivity index (χ1n) is 5.73. The van der Waals surface area contributed by atoms with Crippen LogP contribution in [0.25, 0.3) is 4.96 Å². The predicted octanol–water partition coefficient (Wildman–Crippen LogP) is 2.35. The maximum Gasteiger partial charge on any atom is 0.195 e. The largest absolute Gasteiger partial charge is 0.351 e. The summed E-state index contributed by atoms with van der Waals surface area (Å²) < 4.78 is 1.94. The lowest BCUT2D eigenvalue weighted by Crippen LogP contribution is -2.20. The molecule has 3 aromatic rings. The minimum atomic E-state index is 0.289. The van der Waals surface area contributed by atoms with Crippen molar-refractivity contribution in [3.05, 3.63) is 40.5 Å². The Bertz CT molecular complexity index is 802. The highest BCUT2D eigenvalue weighted by Gasteiger charge is 2.16. The maximum absolute atomic E-state index is 9.07. The first kappa shape index (κ1) is 12.8. The summed E-state index contributed by atoms with van der Waals surface area (Å²) in [5.41, 5.74) is 1.15. The second kappa shape index (κ2) is 5.07. The Balaban J connectivity index is 1.96. The number of halogens is 1. The Kier molecular flexibility index (Phi) is 3.26. The number of imidazole rings is 1. The molecule has 0 saturated carbocycles. The van der Waals surface area contributed by atoms with Gasteiger partial charge in [-0.2, -0.15) is 5.26 Å². The SMILES string of the molecule is CN(Cc1c(Cl)nc2sccn12)c1nccnc1C#N. The summed E-state index contributed by atoms with van der Waals surface area (Å²) in [6.45, 7) is 0.490. The average Bonchev–Trinajstić information content (AvgIpc) is 3.02. The smallest absolute Gasteiger partial charge is 0.195 e. The molecule has 0 spiro atoms.